The van der Waals surface area contributed by atoms with Crippen LogP contribution in [0.1, 0.15) is 41.6 Å². The van der Waals surface area contributed by atoms with Gasteiger partial charge in [-0.15, -0.1) is 0 Å². The highest BCUT2D eigenvalue weighted by Crippen LogP contribution is 2.64. The highest BCUT2D eigenvalue weighted by Gasteiger charge is 2.68. The number of amides is 4. The molecule has 3 aromatic carbocycles. The van der Waals surface area contributed by atoms with Crippen LogP contribution in [0.15, 0.2) is 70.7 Å². The SMILES string of the molecule is CC12C(=O)N(c3ccc(F)c(Cl)c3)C(=O)C1CC1C(=CCC3C(=O)N(c4ccc(C(=O)O)c(O)c4)C(=O)C31)C2c1cc(Br)ccc1O. The highest BCUT2D eigenvalue weighted by atomic mass is 79.9. The molecule has 240 valence electrons. The lowest BCUT2D eigenvalue weighted by molar-refractivity contribution is -0.131. The molecule has 7 rings (SSSR count). The van der Waals surface area contributed by atoms with Crippen LogP contribution in [-0.2, 0) is 19.2 Å². The predicted octanol–water partition coefficient (Wildman–Crippen LogP) is 5.79. The molecule has 0 radical (unpaired) electrons. The van der Waals surface area contributed by atoms with Gasteiger partial charge in [-0.05, 0) is 74.2 Å². The monoisotopic (exact) mass is 722 g/mol. The summed E-state index contributed by atoms with van der Waals surface area (Å²) in [5.74, 6) is -9.48. The molecule has 3 fully saturated rings. The zero-order chi connectivity index (χ0) is 33.7. The number of carboxylic acids is 1. The fourth-order valence-corrected chi connectivity index (χ4v) is 8.63. The second-order valence-corrected chi connectivity index (χ2v) is 13.8. The Morgan fingerprint density at radius 1 is 0.915 bits per heavy atom. The molecule has 4 aliphatic rings. The number of carbonyl (C=O) groups is 5. The topological polar surface area (TPSA) is 153 Å². The number of fused-ring (bicyclic) bond motifs is 4. The van der Waals surface area contributed by atoms with E-state index in [-0.39, 0.29) is 35.0 Å². The van der Waals surface area contributed by atoms with Crippen LogP contribution in [0.5, 0.6) is 11.5 Å². The number of hydrogen-bond acceptors (Lipinski definition) is 7. The Morgan fingerprint density at radius 3 is 2.30 bits per heavy atom. The van der Waals surface area contributed by atoms with E-state index in [2.05, 4.69) is 15.9 Å². The molecule has 0 spiro atoms. The Labute approximate surface area is 280 Å². The Kier molecular flexibility index (Phi) is 7.10. The predicted molar refractivity (Wildman–Crippen MR) is 169 cm³/mol. The highest BCUT2D eigenvalue weighted by molar-refractivity contribution is 9.10. The maximum Gasteiger partial charge on any atom is 0.339 e. The van der Waals surface area contributed by atoms with Crippen molar-refractivity contribution in [1.29, 1.82) is 0 Å². The van der Waals surface area contributed by atoms with Crippen molar-refractivity contribution < 1.29 is 43.7 Å². The number of rotatable bonds is 4. The Balaban J connectivity index is 1.36. The number of hydrogen-bond donors (Lipinski definition) is 3. The van der Waals surface area contributed by atoms with Crippen molar-refractivity contribution in [2.75, 3.05) is 9.80 Å². The average molecular weight is 724 g/mol. The third-order valence-corrected chi connectivity index (χ3v) is 11.0. The zero-order valence-corrected chi connectivity index (χ0v) is 26.8. The van der Waals surface area contributed by atoms with Crippen LogP contribution in [0.4, 0.5) is 15.8 Å². The average Bonchev–Trinajstić information content (AvgIpc) is 3.39. The minimum atomic E-state index is -1.45. The molecule has 2 heterocycles. The second-order valence-electron chi connectivity index (χ2n) is 12.5. The maximum absolute atomic E-state index is 14.5. The van der Waals surface area contributed by atoms with Crippen molar-refractivity contribution in [3.63, 3.8) is 0 Å². The number of carboxylic acid groups (broad SMARTS) is 1. The quantitative estimate of drug-likeness (QED) is 0.226. The van der Waals surface area contributed by atoms with E-state index in [0.29, 0.717) is 15.6 Å². The normalized spacial score (nSPS) is 28.3. The van der Waals surface area contributed by atoms with Crippen LogP contribution in [0, 0.1) is 34.9 Å². The van der Waals surface area contributed by atoms with E-state index in [1.54, 1.807) is 19.1 Å². The summed E-state index contributed by atoms with van der Waals surface area (Å²) in [5.41, 5.74) is -0.776. The smallest absolute Gasteiger partial charge is 0.339 e. The number of phenolic OH excluding ortho intramolecular Hbond substituents is 1. The first-order valence-corrected chi connectivity index (χ1v) is 15.9. The van der Waals surface area contributed by atoms with Crippen LogP contribution in [-0.4, -0.2) is 44.9 Å². The first-order valence-electron chi connectivity index (χ1n) is 14.7. The lowest BCUT2D eigenvalue weighted by atomic mass is 9.51. The summed E-state index contributed by atoms with van der Waals surface area (Å²) >= 11 is 9.48. The Morgan fingerprint density at radius 2 is 1.62 bits per heavy atom. The van der Waals surface area contributed by atoms with Crippen LogP contribution in [0.25, 0.3) is 0 Å². The van der Waals surface area contributed by atoms with Crippen molar-refractivity contribution in [1.82, 2.24) is 0 Å². The fraction of sp³-hybridized carbons (Fsp3) is 0.265. The number of allylic oxidation sites excluding steroid dienone is 2. The van der Waals surface area contributed by atoms with Gasteiger partial charge in [0.15, 0.2) is 0 Å². The summed E-state index contributed by atoms with van der Waals surface area (Å²) in [7, 11) is 0. The molecule has 3 N–H and O–H groups in total. The molecule has 6 unspecified atom stereocenters. The summed E-state index contributed by atoms with van der Waals surface area (Å²) in [6, 6.07) is 11.7. The van der Waals surface area contributed by atoms with Crippen molar-refractivity contribution in [2.45, 2.75) is 25.7 Å². The van der Waals surface area contributed by atoms with Gasteiger partial charge in [-0.3, -0.25) is 19.2 Å². The number of aromatic hydroxyl groups is 2. The molecule has 2 aliphatic heterocycles. The van der Waals surface area contributed by atoms with Gasteiger partial charge in [-0.1, -0.05) is 39.2 Å². The van der Waals surface area contributed by atoms with E-state index in [9.17, 15) is 43.7 Å². The minimum Gasteiger partial charge on any atom is -0.508 e. The molecule has 0 aromatic heterocycles. The van der Waals surface area contributed by atoms with Gasteiger partial charge in [-0.2, -0.15) is 0 Å². The molecule has 6 atom stereocenters. The van der Waals surface area contributed by atoms with Crippen LogP contribution < -0.4 is 9.80 Å². The summed E-state index contributed by atoms with van der Waals surface area (Å²) < 4.78 is 14.7. The number of nitrogens with zero attached hydrogens (tertiary/aromatic N) is 2. The molecule has 47 heavy (non-hydrogen) atoms. The lowest BCUT2D eigenvalue weighted by Crippen LogP contribution is -2.48. The first kappa shape index (κ1) is 31.1. The lowest BCUT2D eigenvalue weighted by Gasteiger charge is -2.49. The van der Waals surface area contributed by atoms with Crippen LogP contribution >= 0.6 is 27.5 Å². The van der Waals surface area contributed by atoms with E-state index in [1.165, 1.54) is 24.3 Å². The fourth-order valence-electron chi connectivity index (χ4n) is 8.08. The van der Waals surface area contributed by atoms with E-state index in [4.69, 9.17) is 11.6 Å². The molecular weight excluding hydrogens is 699 g/mol. The molecule has 4 amide bonds. The summed E-state index contributed by atoms with van der Waals surface area (Å²) in [4.78, 5) is 70.0. The largest absolute Gasteiger partial charge is 0.508 e. The molecule has 13 heteroatoms. The molecule has 0 bridgehead atoms. The Hall–Kier alpha value is -4.55. The van der Waals surface area contributed by atoms with Crippen molar-refractivity contribution in [2.24, 2.45) is 29.1 Å². The van der Waals surface area contributed by atoms with Gasteiger partial charge in [0.25, 0.3) is 0 Å². The molecular formula is C34H25BrClFN2O8. The molecule has 10 nitrogen and oxygen atoms in total. The van der Waals surface area contributed by atoms with E-state index in [0.717, 1.165) is 28.0 Å². The van der Waals surface area contributed by atoms with Crippen molar-refractivity contribution >= 4 is 68.5 Å². The molecule has 2 saturated heterocycles. The van der Waals surface area contributed by atoms with Gasteiger partial charge in [0, 0.05) is 22.0 Å². The van der Waals surface area contributed by atoms with E-state index >= 15 is 0 Å². The van der Waals surface area contributed by atoms with E-state index < -0.39 is 81.7 Å². The third-order valence-electron chi connectivity index (χ3n) is 10.2. The van der Waals surface area contributed by atoms with Crippen molar-refractivity contribution in [3.8, 4) is 11.5 Å². The molecule has 3 aromatic rings. The van der Waals surface area contributed by atoms with E-state index in [1.807, 2.05) is 6.08 Å². The number of phenols is 2. The van der Waals surface area contributed by atoms with Crippen LogP contribution in [0.3, 0.4) is 0 Å². The number of halogens is 3. The maximum atomic E-state index is 14.5. The van der Waals surface area contributed by atoms with Crippen molar-refractivity contribution in [3.05, 3.63) is 92.7 Å². The zero-order valence-electron chi connectivity index (χ0n) is 24.5. The number of aromatic carboxylic acids is 1. The number of benzene rings is 3. The number of imide groups is 2. The first-order chi connectivity index (χ1) is 22.2. The summed E-state index contributed by atoms with van der Waals surface area (Å²) in [6.07, 6.45) is 1.97. The summed E-state index contributed by atoms with van der Waals surface area (Å²) in [6.45, 7) is 1.65. The van der Waals surface area contributed by atoms with Crippen LogP contribution in [0.2, 0.25) is 5.02 Å². The Bertz CT molecular complexity index is 2000. The van der Waals surface area contributed by atoms with Gasteiger partial charge >= 0.3 is 5.97 Å². The van der Waals surface area contributed by atoms with Gasteiger partial charge in [0.2, 0.25) is 23.6 Å². The van der Waals surface area contributed by atoms with Gasteiger partial charge < -0.3 is 15.3 Å². The molecule has 2 aliphatic carbocycles. The summed E-state index contributed by atoms with van der Waals surface area (Å²) in [5, 5.41) is 30.5. The molecule has 1 saturated carbocycles. The minimum absolute atomic E-state index is 0.00627. The van der Waals surface area contributed by atoms with Gasteiger partial charge in [0.05, 0.1) is 39.6 Å². The number of carbonyl (C=O) groups excluding carboxylic acids is 4. The number of anilines is 2. The standard InChI is InChI=1S/C34H25BrClFN2O8/c1-34-22(30(43)39(33(34)47)15-4-8-24(37)23(36)11-15)13-20-17(28(34)21-10-14(35)2-9-25(21)40)6-7-19-27(20)31(44)38(29(19)42)16-3-5-18(32(45)46)26(41)12-16/h2-6,8-12,19-20,22,27-28,40-41H,7,13H2,1H3,(H,45,46). The second kappa shape index (κ2) is 10.7. The van der Waals surface area contributed by atoms with Gasteiger partial charge in [0.1, 0.15) is 22.9 Å². The third kappa shape index (κ3) is 4.37. The van der Waals surface area contributed by atoms with Gasteiger partial charge in [-0.25, -0.2) is 19.0 Å².